The van der Waals surface area contributed by atoms with Gasteiger partial charge >= 0.3 is 0 Å². The van der Waals surface area contributed by atoms with Crippen LogP contribution in [-0.4, -0.2) is 68.5 Å². The summed E-state index contributed by atoms with van der Waals surface area (Å²) in [7, 11) is 1.28. The number of aliphatic hydroxyl groups excluding tert-OH is 1. The number of carbonyl (C=O) groups is 1. The van der Waals surface area contributed by atoms with Crippen LogP contribution in [-0.2, 0) is 18.4 Å². The Labute approximate surface area is 320 Å². The number of hydrogen-bond acceptors (Lipinski definition) is 6. The van der Waals surface area contributed by atoms with Crippen molar-refractivity contribution in [3.05, 3.63) is 48.6 Å². The van der Waals surface area contributed by atoms with Gasteiger partial charge in [0.15, 0.2) is 0 Å². The smallest absolute Gasteiger partial charge is 0.268 e. The minimum atomic E-state index is -4.57. The van der Waals surface area contributed by atoms with Gasteiger partial charge in [-0.1, -0.05) is 159 Å². The average molecular weight is 753 g/mol. The van der Waals surface area contributed by atoms with Crippen LogP contribution in [0.2, 0.25) is 0 Å². The Morgan fingerprint density at radius 3 is 1.71 bits per heavy atom. The second-order valence-corrected chi connectivity index (χ2v) is 16.7. The molecule has 0 aliphatic rings. The fraction of sp³-hybridized carbons (Fsp3) is 0.791. The first-order valence-corrected chi connectivity index (χ1v) is 22.4. The molecule has 0 aromatic carbocycles. The predicted octanol–water partition coefficient (Wildman–Crippen LogP) is 10.7. The van der Waals surface area contributed by atoms with Gasteiger partial charge in [0, 0.05) is 6.42 Å². The van der Waals surface area contributed by atoms with E-state index in [4.69, 9.17) is 9.05 Å². The molecule has 0 aliphatic carbocycles. The topological polar surface area (TPSA) is 108 Å². The summed E-state index contributed by atoms with van der Waals surface area (Å²) in [5.41, 5.74) is 0. The first kappa shape index (κ1) is 50.5. The van der Waals surface area contributed by atoms with Gasteiger partial charge in [0.2, 0.25) is 5.91 Å². The average Bonchev–Trinajstić information content (AvgIpc) is 3.09. The zero-order valence-electron chi connectivity index (χ0n) is 34.2. The lowest BCUT2D eigenvalue weighted by atomic mass is 10.0. The van der Waals surface area contributed by atoms with Gasteiger partial charge in [-0.25, -0.2) is 0 Å². The number of amides is 1. The highest BCUT2D eigenvalue weighted by Gasteiger charge is 2.24. The van der Waals surface area contributed by atoms with Gasteiger partial charge in [-0.15, -0.1) is 0 Å². The number of allylic oxidation sites excluding steroid dienone is 8. The van der Waals surface area contributed by atoms with Crippen LogP contribution < -0.4 is 10.2 Å². The summed E-state index contributed by atoms with van der Waals surface area (Å²) in [4.78, 5) is 25.3. The van der Waals surface area contributed by atoms with Crippen LogP contribution >= 0.6 is 7.82 Å². The Kier molecular flexibility index (Phi) is 34.1. The lowest BCUT2D eigenvalue weighted by Crippen LogP contribution is -2.46. The van der Waals surface area contributed by atoms with Gasteiger partial charge in [-0.05, 0) is 51.4 Å². The normalized spacial score (nSPS) is 15.0. The van der Waals surface area contributed by atoms with Gasteiger partial charge in [0.05, 0.1) is 39.9 Å². The number of likely N-dealkylation sites (N-methyl/N-ethyl adjacent to an activating group) is 1. The molecule has 9 heteroatoms. The van der Waals surface area contributed by atoms with Crippen molar-refractivity contribution >= 4 is 13.7 Å². The molecule has 0 aromatic heterocycles. The number of quaternary nitrogens is 1. The Hall–Kier alpha value is -1.54. The van der Waals surface area contributed by atoms with Crippen molar-refractivity contribution in [2.24, 2.45) is 0 Å². The molecule has 0 radical (unpaired) electrons. The molecular weight excluding hydrogens is 671 g/mol. The number of nitrogens with zero attached hydrogens (tertiary/aromatic N) is 1. The lowest BCUT2D eigenvalue weighted by Gasteiger charge is -2.30. The van der Waals surface area contributed by atoms with E-state index in [1.807, 2.05) is 21.1 Å². The van der Waals surface area contributed by atoms with Crippen molar-refractivity contribution in [3.63, 3.8) is 0 Å². The molecule has 0 aromatic rings. The predicted molar refractivity (Wildman–Crippen MR) is 219 cm³/mol. The maximum atomic E-state index is 12.8. The third-order valence-corrected chi connectivity index (χ3v) is 10.0. The maximum Gasteiger partial charge on any atom is 0.268 e. The zero-order chi connectivity index (χ0) is 38.6. The van der Waals surface area contributed by atoms with E-state index < -0.39 is 20.0 Å². The standard InChI is InChI=1S/C43H81N2O6P/c1-6-8-10-12-14-16-18-20-21-22-23-25-27-29-31-33-35-37-43(47)44-41(40-51-52(48,49)50-39-38-45(3,4)5)42(46)36-34-32-30-28-26-24-19-17-15-13-11-9-7-2/h8,10,14,16,20-21,23,25,41-42,46H,6-7,9,11-13,15,17-19,22,24,26-40H2,1-5H3,(H-,44,47,48,49)/b10-8-,16-14-,21-20-,25-23-. The van der Waals surface area contributed by atoms with Gasteiger partial charge in [0.1, 0.15) is 13.2 Å². The monoisotopic (exact) mass is 753 g/mol. The van der Waals surface area contributed by atoms with Crippen molar-refractivity contribution in [3.8, 4) is 0 Å². The summed E-state index contributed by atoms with van der Waals surface area (Å²) >= 11 is 0. The van der Waals surface area contributed by atoms with Crippen molar-refractivity contribution in [2.45, 2.75) is 180 Å². The third kappa shape index (κ3) is 36.8. The molecule has 304 valence electrons. The first-order chi connectivity index (χ1) is 25.0. The van der Waals surface area contributed by atoms with Gasteiger partial charge in [0.25, 0.3) is 7.82 Å². The van der Waals surface area contributed by atoms with Crippen molar-refractivity contribution < 1.29 is 32.9 Å². The van der Waals surface area contributed by atoms with E-state index in [2.05, 4.69) is 67.8 Å². The summed E-state index contributed by atoms with van der Waals surface area (Å²) in [5, 5.41) is 13.9. The third-order valence-electron chi connectivity index (χ3n) is 9.08. The van der Waals surface area contributed by atoms with Crippen LogP contribution in [0.3, 0.4) is 0 Å². The van der Waals surface area contributed by atoms with E-state index in [9.17, 15) is 19.4 Å². The summed E-state index contributed by atoms with van der Waals surface area (Å²) in [6.07, 6.45) is 42.5. The van der Waals surface area contributed by atoms with Crippen LogP contribution in [0.5, 0.6) is 0 Å². The molecule has 0 heterocycles. The van der Waals surface area contributed by atoms with E-state index in [0.717, 1.165) is 77.0 Å². The molecule has 3 unspecified atom stereocenters. The number of rotatable bonds is 37. The highest BCUT2D eigenvalue weighted by molar-refractivity contribution is 7.45. The quantitative estimate of drug-likeness (QED) is 0.0283. The molecule has 0 aliphatic heterocycles. The molecule has 0 fully saturated rings. The number of nitrogens with one attached hydrogen (secondary N) is 1. The fourth-order valence-corrected chi connectivity index (χ4v) is 6.46. The Morgan fingerprint density at radius 2 is 1.17 bits per heavy atom. The number of aliphatic hydroxyl groups is 1. The van der Waals surface area contributed by atoms with E-state index in [-0.39, 0.29) is 19.1 Å². The van der Waals surface area contributed by atoms with Crippen molar-refractivity contribution in [2.75, 3.05) is 40.9 Å². The summed E-state index contributed by atoms with van der Waals surface area (Å²) < 4.78 is 23.2. The van der Waals surface area contributed by atoms with Crippen molar-refractivity contribution in [1.82, 2.24) is 5.32 Å². The molecule has 2 N–H and O–H groups in total. The Morgan fingerprint density at radius 1 is 0.692 bits per heavy atom. The molecule has 3 atom stereocenters. The van der Waals surface area contributed by atoms with Crippen LogP contribution in [0.4, 0.5) is 0 Å². The first-order valence-electron chi connectivity index (χ1n) is 21.0. The molecular formula is C43H81N2O6P. The van der Waals surface area contributed by atoms with Gasteiger partial charge < -0.3 is 28.8 Å². The van der Waals surface area contributed by atoms with Crippen LogP contribution in [0.25, 0.3) is 0 Å². The second kappa shape index (κ2) is 35.2. The summed E-state index contributed by atoms with van der Waals surface area (Å²) in [6, 6.07) is -0.813. The van der Waals surface area contributed by atoms with Crippen molar-refractivity contribution in [1.29, 1.82) is 0 Å². The lowest BCUT2D eigenvalue weighted by molar-refractivity contribution is -0.870. The number of unbranched alkanes of at least 4 members (excludes halogenated alkanes) is 16. The molecule has 0 rings (SSSR count). The largest absolute Gasteiger partial charge is 0.756 e. The molecule has 0 spiro atoms. The van der Waals surface area contributed by atoms with E-state index in [1.54, 1.807) is 0 Å². The number of phosphoric ester groups is 1. The van der Waals surface area contributed by atoms with Gasteiger partial charge in [-0.2, -0.15) is 0 Å². The molecule has 8 nitrogen and oxygen atoms in total. The minimum absolute atomic E-state index is 0.00506. The van der Waals surface area contributed by atoms with Crippen LogP contribution in [0.15, 0.2) is 48.6 Å². The minimum Gasteiger partial charge on any atom is -0.756 e. The van der Waals surface area contributed by atoms with Gasteiger partial charge in [-0.3, -0.25) is 9.36 Å². The van der Waals surface area contributed by atoms with E-state index in [0.29, 0.717) is 23.9 Å². The van der Waals surface area contributed by atoms with E-state index in [1.165, 1.54) is 64.2 Å². The highest BCUT2D eigenvalue weighted by Crippen LogP contribution is 2.38. The number of phosphoric acid groups is 1. The zero-order valence-corrected chi connectivity index (χ0v) is 35.1. The van der Waals surface area contributed by atoms with Crippen LogP contribution in [0, 0.1) is 0 Å². The molecule has 0 bridgehead atoms. The molecule has 1 amide bonds. The molecule has 0 saturated carbocycles. The summed E-state index contributed by atoms with van der Waals surface area (Å²) in [5.74, 6) is -0.191. The maximum absolute atomic E-state index is 12.8. The molecule has 0 saturated heterocycles. The Bertz CT molecular complexity index is 991. The van der Waals surface area contributed by atoms with E-state index >= 15 is 0 Å². The molecule has 52 heavy (non-hydrogen) atoms. The second-order valence-electron chi connectivity index (χ2n) is 15.3. The SMILES string of the molecule is CC/C=C\C/C=C\C/C=C\C/C=C\CCCCCCC(=O)NC(COP(=O)([O-])OCC[N+](C)(C)C)C(O)CCCCCCCCCCCCCCC. The number of carbonyl (C=O) groups excluding carboxylic acids is 1. The highest BCUT2D eigenvalue weighted by atomic mass is 31.2. The summed E-state index contributed by atoms with van der Waals surface area (Å²) in [6.45, 7) is 4.56. The number of hydrogen-bond donors (Lipinski definition) is 2. The Balaban J connectivity index is 4.46. The fourth-order valence-electron chi connectivity index (χ4n) is 5.73. The van der Waals surface area contributed by atoms with Crippen LogP contribution in [0.1, 0.15) is 168 Å².